The third-order valence-electron chi connectivity index (χ3n) is 4.77. The lowest BCUT2D eigenvalue weighted by Gasteiger charge is -2.28. The number of benzene rings is 2. The van der Waals surface area contributed by atoms with Gasteiger partial charge in [-0.1, -0.05) is 24.3 Å². The highest BCUT2D eigenvalue weighted by Gasteiger charge is 2.18. The summed E-state index contributed by atoms with van der Waals surface area (Å²) in [6.07, 6.45) is -0.510. The molecule has 26 heavy (non-hydrogen) atoms. The van der Waals surface area contributed by atoms with E-state index >= 15 is 0 Å². The van der Waals surface area contributed by atoms with E-state index < -0.39 is 6.10 Å². The Labute approximate surface area is 155 Å². The van der Waals surface area contributed by atoms with E-state index in [4.69, 9.17) is 14.2 Å². The van der Waals surface area contributed by atoms with E-state index in [1.807, 2.05) is 43.3 Å². The molecule has 0 unspecified atom stereocenters. The van der Waals surface area contributed by atoms with E-state index in [-0.39, 0.29) is 0 Å². The van der Waals surface area contributed by atoms with Crippen LogP contribution in [0.2, 0.25) is 0 Å². The van der Waals surface area contributed by atoms with Gasteiger partial charge in [0.2, 0.25) is 0 Å². The summed E-state index contributed by atoms with van der Waals surface area (Å²) in [5.41, 5.74) is 3.92. The first kappa shape index (κ1) is 18.7. The molecule has 140 valence electrons. The Hall–Kier alpha value is -2.08. The van der Waals surface area contributed by atoms with Gasteiger partial charge in [0.15, 0.2) is 0 Å². The van der Waals surface area contributed by atoms with Crippen LogP contribution in [0, 0.1) is 6.92 Å². The summed E-state index contributed by atoms with van der Waals surface area (Å²) in [5, 5.41) is 10.5. The largest absolute Gasteiger partial charge is 0.496 e. The van der Waals surface area contributed by atoms with Crippen molar-refractivity contribution < 1.29 is 19.3 Å². The second-order valence-electron chi connectivity index (χ2n) is 6.60. The Bertz CT molecular complexity index is 698. The maximum Gasteiger partial charge on any atom is 0.130 e. The number of methoxy groups -OCH3 is 2. The van der Waals surface area contributed by atoms with Crippen LogP contribution in [-0.4, -0.2) is 57.1 Å². The van der Waals surface area contributed by atoms with Crippen molar-refractivity contribution in [3.8, 4) is 22.6 Å². The molecule has 0 spiro atoms. The fourth-order valence-corrected chi connectivity index (χ4v) is 3.33. The number of morpholine rings is 1. The first-order valence-corrected chi connectivity index (χ1v) is 8.93. The quantitative estimate of drug-likeness (QED) is 0.861. The fraction of sp³-hybridized carbons (Fsp3) is 0.429. The first-order valence-electron chi connectivity index (χ1n) is 8.93. The number of ether oxygens (including phenoxy) is 3. The summed E-state index contributed by atoms with van der Waals surface area (Å²) in [6.45, 7) is 5.84. The predicted octanol–water partition coefficient (Wildman–Crippen LogP) is 3.04. The second kappa shape index (κ2) is 8.54. The van der Waals surface area contributed by atoms with Crippen LogP contribution in [0.25, 0.3) is 11.1 Å². The molecule has 1 aliphatic heterocycles. The maximum atomic E-state index is 10.5. The Balaban J connectivity index is 1.81. The minimum Gasteiger partial charge on any atom is -0.496 e. The molecule has 1 heterocycles. The van der Waals surface area contributed by atoms with Crippen molar-refractivity contribution in [1.82, 2.24) is 4.90 Å². The van der Waals surface area contributed by atoms with Gasteiger partial charge in [-0.3, -0.25) is 4.90 Å². The van der Waals surface area contributed by atoms with Crippen molar-refractivity contribution in [3.05, 3.63) is 47.5 Å². The van der Waals surface area contributed by atoms with Gasteiger partial charge in [-0.2, -0.15) is 0 Å². The second-order valence-corrected chi connectivity index (χ2v) is 6.60. The van der Waals surface area contributed by atoms with Crippen molar-refractivity contribution >= 4 is 0 Å². The average molecular weight is 357 g/mol. The lowest BCUT2D eigenvalue weighted by atomic mass is 9.98. The van der Waals surface area contributed by atoms with E-state index in [9.17, 15) is 5.11 Å². The van der Waals surface area contributed by atoms with Crippen molar-refractivity contribution in [2.75, 3.05) is 47.1 Å². The summed E-state index contributed by atoms with van der Waals surface area (Å²) >= 11 is 0. The number of nitrogens with zero attached hydrogens (tertiary/aromatic N) is 1. The van der Waals surface area contributed by atoms with Crippen molar-refractivity contribution in [1.29, 1.82) is 0 Å². The number of rotatable bonds is 6. The average Bonchev–Trinajstić information content (AvgIpc) is 2.68. The van der Waals surface area contributed by atoms with Crippen LogP contribution < -0.4 is 9.47 Å². The van der Waals surface area contributed by atoms with Crippen LogP contribution in [0.4, 0.5) is 0 Å². The summed E-state index contributed by atoms with van der Waals surface area (Å²) in [7, 11) is 3.33. The first-order chi connectivity index (χ1) is 12.6. The van der Waals surface area contributed by atoms with E-state index in [0.29, 0.717) is 6.54 Å². The highest BCUT2D eigenvalue weighted by molar-refractivity contribution is 5.77. The van der Waals surface area contributed by atoms with Crippen LogP contribution in [0.5, 0.6) is 11.5 Å². The van der Waals surface area contributed by atoms with Crippen LogP contribution in [0.15, 0.2) is 36.4 Å². The molecule has 0 aromatic heterocycles. The third kappa shape index (κ3) is 4.18. The molecule has 1 atom stereocenters. The summed E-state index contributed by atoms with van der Waals surface area (Å²) in [5.74, 6) is 1.56. The Morgan fingerprint density at radius 1 is 1.04 bits per heavy atom. The SMILES string of the molecule is COc1cc(C)cc(OC)c1-c1ccc([C@@H](O)CN2CCOCC2)cc1. The van der Waals surface area contributed by atoms with Gasteiger partial charge >= 0.3 is 0 Å². The molecular formula is C21H27NO4. The molecule has 1 saturated heterocycles. The highest BCUT2D eigenvalue weighted by Crippen LogP contribution is 2.39. The number of aliphatic hydroxyl groups is 1. The molecule has 0 amide bonds. The van der Waals surface area contributed by atoms with E-state index in [1.54, 1.807) is 14.2 Å². The van der Waals surface area contributed by atoms with Crippen molar-refractivity contribution in [2.24, 2.45) is 0 Å². The van der Waals surface area contributed by atoms with Gasteiger partial charge < -0.3 is 19.3 Å². The van der Waals surface area contributed by atoms with Gasteiger partial charge in [0.05, 0.1) is 39.1 Å². The molecule has 1 N–H and O–H groups in total. The van der Waals surface area contributed by atoms with E-state index in [0.717, 1.165) is 60.1 Å². The normalized spacial score (nSPS) is 16.3. The maximum absolute atomic E-state index is 10.5. The molecule has 3 rings (SSSR count). The monoisotopic (exact) mass is 357 g/mol. The summed E-state index contributed by atoms with van der Waals surface area (Å²) in [6, 6.07) is 12.0. The van der Waals surface area contributed by atoms with Crippen LogP contribution >= 0.6 is 0 Å². The molecule has 0 radical (unpaired) electrons. The number of aliphatic hydroxyl groups excluding tert-OH is 1. The van der Waals surface area contributed by atoms with Gasteiger partial charge in [-0.15, -0.1) is 0 Å². The molecule has 5 heteroatoms. The smallest absolute Gasteiger partial charge is 0.130 e. The fourth-order valence-electron chi connectivity index (χ4n) is 3.33. The molecule has 2 aromatic carbocycles. The lowest BCUT2D eigenvalue weighted by molar-refractivity contribution is 0.0143. The minimum absolute atomic E-state index is 0.510. The topological polar surface area (TPSA) is 51.2 Å². The standard InChI is InChI=1S/C21H27NO4/c1-15-12-19(24-2)21(20(13-15)25-3)17-6-4-16(5-7-17)18(23)14-22-8-10-26-11-9-22/h4-7,12-13,18,23H,8-11,14H2,1-3H3/t18-/m0/s1. The van der Waals surface area contributed by atoms with Crippen LogP contribution in [0.3, 0.4) is 0 Å². The third-order valence-corrected chi connectivity index (χ3v) is 4.77. The van der Waals surface area contributed by atoms with Gasteiger partial charge in [0.25, 0.3) is 0 Å². The molecule has 1 aliphatic rings. The van der Waals surface area contributed by atoms with Gasteiger partial charge in [-0.25, -0.2) is 0 Å². The minimum atomic E-state index is -0.510. The van der Waals surface area contributed by atoms with Crippen LogP contribution in [-0.2, 0) is 4.74 Å². The van der Waals surface area contributed by atoms with Crippen molar-refractivity contribution in [3.63, 3.8) is 0 Å². The molecule has 0 saturated carbocycles. The molecule has 0 bridgehead atoms. The molecule has 5 nitrogen and oxygen atoms in total. The Morgan fingerprint density at radius 2 is 1.62 bits per heavy atom. The lowest BCUT2D eigenvalue weighted by Crippen LogP contribution is -2.38. The van der Waals surface area contributed by atoms with Crippen LogP contribution in [0.1, 0.15) is 17.2 Å². The number of hydrogen-bond donors (Lipinski definition) is 1. The molecule has 0 aliphatic carbocycles. The number of aryl methyl sites for hydroxylation is 1. The number of hydrogen-bond acceptors (Lipinski definition) is 5. The summed E-state index contributed by atoms with van der Waals surface area (Å²) < 4.78 is 16.5. The zero-order valence-electron chi connectivity index (χ0n) is 15.7. The Morgan fingerprint density at radius 3 is 2.15 bits per heavy atom. The highest BCUT2D eigenvalue weighted by atomic mass is 16.5. The summed E-state index contributed by atoms with van der Waals surface area (Å²) in [4.78, 5) is 2.23. The molecule has 1 fully saturated rings. The molecule has 2 aromatic rings. The zero-order chi connectivity index (χ0) is 18.5. The van der Waals surface area contributed by atoms with Gasteiger partial charge in [-0.05, 0) is 35.7 Å². The Kier molecular flexibility index (Phi) is 6.14. The van der Waals surface area contributed by atoms with E-state index in [2.05, 4.69) is 4.90 Å². The number of β-amino-alcohol motifs (C(OH)–C–C–N with tert-alkyl or cyclic N) is 1. The predicted molar refractivity (Wildman–Crippen MR) is 102 cm³/mol. The molecular weight excluding hydrogens is 330 g/mol. The zero-order valence-corrected chi connectivity index (χ0v) is 15.7. The van der Waals surface area contributed by atoms with E-state index in [1.165, 1.54) is 0 Å². The van der Waals surface area contributed by atoms with Crippen molar-refractivity contribution in [2.45, 2.75) is 13.0 Å². The van der Waals surface area contributed by atoms with Gasteiger partial charge in [0, 0.05) is 19.6 Å². The van der Waals surface area contributed by atoms with Gasteiger partial charge in [0.1, 0.15) is 11.5 Å².